The van der Waals surface area contributed by atoms with E-state index in [4.69, 9.17) is 16.3 Å². The predicted octanol–water partition coefficient (Wildman–Crippen LogP) is 2.51. The van der Waals surface area contributed by atoms with Crippen LogP contribution in [0.4, 0.5) is 0 Å². The lowest BCUT2D eigenvalue weighted by molar-refractivity contribution is 0.419. The molecular formula is C10H12ClN3O. The van der Waals surface area contributed by atoms with Crippen molar-refractivity contribution >= 4 is 17.1 Å². The van der Waals surface area contributed by atoms with E-state index in [-0.39, 0.29) is 0 Å². The molecule has 0 unspecified atom stereocenters. The van der Waals surface area contributed by atoms with Crippen LogP contribution in [0.25, 0.3) is 5.52 Å². The van der Waals surface area contributed by atoms with Crippen LogP contribution in [0.2, 0.25) is 5.02 Å². The first-order valence-electron chi connectivity index (χ1n) is 4.71. The molecule has 0 aromatic carbocycles. The van der Waals surface area contributed by atoms with Crippen molar-refractivity contribution in [3.05, 3.63) is 23.2 Å². The molecule has 2 rings (SSSR count). The Kier molecular flexibility index (Phi) is 2.52. The number of hydrogen-bond donors (Lipinski definition) is 0. The molecule has 0 saturated heterocycles. The van der Waals surface area contributed by atoms with Gasteiger partial charge in [-0.3, -0.25) is 0 Å². The maximum absolute atomic E-state index is 6.03. The lowest BCUT2D eigenvalue weighted by Gasteiger charge is -2.07. The summed E-state index contributed by atoms with van der Waals surface area (Å²) in [7, 11) is 1.60. The molecule has 0 bridgehead atoms. The van der Waals surface area contributed by atoms with Gasteiger partial charge in [0.15, 0.2) is 5.75 Å². The Bertz CT molecular complexity index is 493. The second-order valence-electron chi connectivity index (χ2n) is 3.60. The highest BCUT2D eigenvalue weighted by atomic mass is 35.5. The summed E-state index contributed by atoms with van der Waals surface area (Å²) in [5.41, 5.74) is 1.79. The van der Waals surface area contributed by atoms with Gasteiger partial charge >= 0.3 is 0 Å². The van der Waals surface area contributed by atoms with Gasteiger partial charge in [-0.25, -0.2) is 9.50 Å². The van der Waals surface area contributed by atoms with Gasteiger partial charge in [-0.05, 0) is 5.92 Å². The molecule has 0 aliphatic rings. The zero-order valence-corrected chi connectivity index (χ0v) is 9.62. The summed E-state index contributed by atoms with van der Waals surface area (Å²) < 4.78 is 6.95. The summed E-state index contributed by atoms with van der Waals surface area (Å²) in [5, 5.41) is 4.65. The van der Waals surface area contributed by atoms with Crippen molar-refractivity contribution in [2.75, 3.05) is 7.11 Å². The molecule has 0 spiro atoms. The number of aromatic nitrogens is 3. The topological polar surface area (TPSA) is 39.4 Å². The molecule has 4 nitrogen and oxygen atoms in total. The first-order chi connectivity index (χ1) is 7.15. The SMILES string of the molecule is COc1c(Cl)cn2ncnc(C(C)C)c12. The van der Waals surface area contributed by atoms with Gasteiger partial charge in [0.25, 0.3) is 0 Å². The smallest absolute Gasteiger partial charge is 0.166 e. The van der Waals surface area contributed by atoms with Gasteiger partial charge < -0.3 is 4.74 Å². The summed E-state index contributed by atoms with van der Waals surface area (Å²) in [6, 6.07) is 0. The van der Waals surface area contributed by atoms with Gasteiger partial charge in [0.05, 0.1) is 19.0 Å². The van der Waals surface area contributed by atoms with Gasteiger partial charge in [0.2, 0.25) is 0 Å². The van der Waals surface area contributed by atoms with E-state index in [0.29, 0.717) is 16.7 Å². The standard InChI is InChI=1S/C10H12ClN3O/c1-6(2)8-9-10(15-3)7(11)4-14(9)13-5-12-8/h4-6H,1-3H3. The number of fused-ring (bicyclic) bond motifs is 1. The number of hydrogen-bond acceptors (Lipinski definition) is 3. The fraction of sp³-hybridized carbons (Fsp3) is 0.400. The van der Waals surface area contributed by atoms with Crippen molar-refractivity contribution in [1.82, 2.24) is 14.6 Å². The number of nitrogens with zero attached hydrogens (tertiary/aromatic N) is 3. The van der Waals surface area contributed by atoms with E-state index in [1.165, 1.54) is 6.33 Å². The average Bonchev–Trinajstić information content (AvgIpc) is 2.52. The summed E-state index contributed by atoms with van der Waals surface area (Å²) in [5.74, 6) is 0.941. The third kappa shape index (κ3) is 1.55. The highest BCUT2D eigenvalue weighted by Crippen LogP contribution is 2.34. The fourth-order valence-electron chi connectivity index (χ4n) is 1.59. The number of rotatable bonds is 2. The monoisotopic (exact) mass is 225 g/mol. The Labute approximate surface area is 92.8 Å². The fourth-order valence-corrected chi connectivity index (χ4v) is 1.85. The van der Waals surface area contributed by atoms with Crippen LogP contribution >= 0.6 is 11.6 Å². The van der Waals surface area contributed by atoms with Crippen molar-refractivity contribution in [3.8, 4) is 5.75 Å². The van der Waals surface area contributed by atoms with E-state index < -0.39 is 0 Å². The molecule has 80 valence electrons. The van der Waals surface area contributed by atoms with E-state index in [1.807, 2.05) is 0 Å². The van der Waals surface area contributed by atoms with Crippen LogP contribution in [-0.2, 0) is 0 Å². The van der Waals surface area contributed by atoms with Crippen molar-refractivity contribution in [2.45, 2.75) is 19.8 Å². The Balaban J connectivity index is 2.81. The maximum atomic E-state index is 6.03. The second-order valence-corrected chi connectivity index (χ2v) is 4.01. The molecule has 5 heteroatoms. The lowest BCUT2D eigenvalue weighted by atomic mass is 10.1. The summed E-state index contributed by atoms with van der Waals surface area (Å²) in [6.45, 7) is 4.14. The molecule has 0 aliphatic heterocycles. The zero-order chi connectivity index (χ0) is 11.0. The Hall–Kier alpha value is -1.29. The molecular weight excluding hydrogens is 214 g/mol. The molecule has 0 aliphatic carbocycles. The molecule has 0 fully saturated rings. The van der Waals surface area contributed by atoms with Crippen LogP contribution in [0.5, 0.6) is 5.75 Å². The van der Waals surface area contributed by atoms with Crippen molar-refractivity contribution in [2.24, 2.45) is 0 Å². The maximum Gasteiger partial charge on any atom is 0.166 e. The molecule has 0 saturated carbocycles. The average molecular weight is 226 g/mol. The van der Waals surface area contributed by atoms with Crippen LogP contribution in [0.3, 0.4) is 0 Å². The van der Waals surface area contributed by atoms with Gasteiger partial charge in [-0.1, -0.05) is 25.4 Å². The highest BCUT2D eigenvalue weighted by Gasteiger charge is 2.16. The van der Waals surface area contributed by atoms with E-state index in [0.717, 1.165) is 11.2 Å². The number of halogens is 1. The number of methoxy groups -OCH3 is 1. The van der Waals surface area contributed by atoms with Crippen LogP contribution in [0, 0.1) is 0 Å². The Morgan fingerprint density at radius 2 is 2.20 bits per heavy atom. The quantitative estimate of drug-likeness (QED) is 0.789. The second kappa shape index (κ2) is 3.70. The summed E-state index contributed by atoms with van der Waals surface area (Å²) >= 11 is 6.03. The molecule has 2 heterocycles. The van der Waals surface area contributed by atoms with Gasteiger partial charge in [-0.2, -0.15) is 5.10 Å². The molecule has 15 heavy (non-hydrogen) atoms. The normalized spacial score (nSPS) is 11.3. The van der Waals surface area contributed by atoms with Crippen LogP contribution in [0.15, 0.2) is 12.5 Å². The number of ether oxygens (including phenoxy) is 1. The first-order valence-corrected chi connectivity index (χ1v) is 5.08. The highest BCUT2D eigenvalue weighted by molar-refractivity contribution is 6.32. The van der Waals surface area contributed by atoms with E-state index in [1.54, 1.807) is 17.8 Å². The van der Waals surface area contributed by atoms with Crippen LogP contribution < -0.4 is 4.74 Å². The third-order valence-electron chi connectivity index (χ3n) is 2.26. The Morgan fingerprint density at radius 3 is 2.80 bits per heavy atom. The summed E-state index contributed by atoms with van der Waals surface area (Å²) in [6.07, 6.45) is 3.25. The molecule has 0 amide bonds. The molecule has 0 radical (unpaired) electrons. The third-order valence-corrected chi connectivity index (χ3v) is 2.53. The molecule has 2 aromatic rings. The zero-order valence-electron chi connectivity index (χ0n) is 8.86. The Morgan fingerprint density at radius 1 is 1.47 bits per heavy atom. The molecule has 0 N–H and O–H groups in total. The minimum atomic E-state index is 0.301. The molecule has 0 atom stereocenters. The molecule has 2 aromatic heterocycles. The van der Waals surface area contributed by atoms with Gasteiger partial charge in [0.1, 0.15) is 16.9 Å². The largest absolute Gasteiger partial charge is 0.493 e. The van der Waals surface area contributed by atoms with Gasteiger partial charge in [-0.15, -0.1) is 0 Å². The van der Waals surface area contributed by atoms with Crippen LogP contribution in [0.1, 0.15) is 25.5 Å². The van der Waals surface area contributed by atoms with Crippen molar-refractivity contribution < 1.29 is 4.74 Å². The predicted molar refractivity (Wildman–Crippen MR) is 58.6 cm³/mol. The minimum absolute atomic E-state index is 0.301. The van der Waals surface area contributed by atoms with Gasteiger partial charge in [0, 0.05) is 0 Å². The van der Waals surface area contributed by atoms with Crippen LogP contribution in [-0.4, -0.2) is 21.7 Å². The minimum Gasteiger partial charge on any atom is -0.493 e. The lowest BCUT2D eigenvalue weighted by Crippen LogP contribution is -2.00. The van der Waals surface area contributed by atoms with E-state index in [9.17, 15) is 0 Å². The van der Waals surface area contributed by atoms with E-state index >= 15 is 0 Å². The first kappa shape index (κ1) is 10.2. The van der Waals surface area contributed by atoms with Crippen molar-refractivity contribution in [3.63, 3.8) is 0 Å². The van der Waals surface area contributed by atoms with Crippen molar-refractivity contribution in [1.29, 1.82) is 0 Å². The van der Waals surface area contributed by atoms with E-state index in [2.05, 4.69) is 23.9 Å². The summed E-state index contributed by atoms with van der Waals surface area (Å²) in [4.78, 5) is 4.26.